The van der Waals surface area contributed by atoms with Crippen molar-refractivity contribution in [3.8, 4) is 5.75 Å². The van der Waals surface area contributed by atoms with Gasteiger partial charge in [0.1, 0.15) is 12.4 Å². The molecular formula is C20H21F3N4O5S. The van der Waals surface area contributed by atoms with Gasteiger partial charge in [0, 0.05) is 6.20 Å². The van der Waals surface area contributed by atoms with Crippen LogP contribution in [0, 0.1) is 0 Å². The van der Waals surface area contributed by atoms with Crippen molar-refractivity contribution in [2.24, 2.45) is 5.73 Å². The molecule has 0 bridgehead atoms. The lowest BCUT2D eigenvalue weighted by Crippen LogP contribution is -2.48. The molecule has 0 spiro atoms. The second-order valence-corrected chi connectivity index (χ2v) is 9.58. The maximum Gasteiger partial charge on any atom is 0.573 e. The Morgan fingerprint density at radius 3 is 2.48 bits per heavy atom. The number of ether oxygens (including phenoxy) is 2. The van der Waals surface area contributed by atoms with E-state index in [4.69, 9.17) is 14.9 Å². The summed E-state index contributed by atoms with van der Waals surface area (Å²) in [6.07, 6.45) is 3.30. The van der Waals surface area contributed by atoms with Crippen LogP contribution in [0.25, 0.3) is 0 Å². The molecule has 3 N–H and O–H groups in total. The monoisotopic (exact) mass is 486 g/mol. The molecule has 1 atom stereocenters. The number of nitrogens with one attached hydrogen (secondary N) is 1. The zero-order valence-corrected chi connectivity index (χ0v) is 18.0. The number of benzene rings is 1. The highest BCUT2D eigenvalue weighted by atomic mass is 32.2. The van der Waals surface area contributed by atoms with E-state index in [0.29, 0.717) is 0 Å². The van der Waals surface area contributed by atoms with Gasteiger partial charge >= 0.3 is 6.36 Å². The van der Waals surface area contributed by atoms with E-state index in [2.05, 4.69) is 20.3 Å². The number of allylic oxidation sites excluding steroid dienone is 1. The minimum absolute atomic E-state index is 0.0186. The molecule has 1 fully saturated rings. The first-order valence-corrected chi connectivity index (χ1v) is 11.5. The van der Waals surface area contributed by atoms with Gasteiger partial charge in [-0.25, -0.2) is 8.42 Å². The second kappa shape index (κ2) is 8.80. The molecule has 1 aliphatic heterocycles. The van der Waals surface area contributed by atoms with Crippen LogP contribution in [-0.4, -0.2) is 31.1 Å². The number of hydrogen-bond donors (Lipinski definition) is 2. The van der Waals surface area contributed by atoms with E-state index < -0.39 is 27.6 Å². The van der Waals surface area contributed by atoms with Gasteiger partial charge in [0.05, 0.1) is 15.9 Å². The van der Waals surface area contributed by atoms with Crippen LogP contribution in [0.15, 0.2) is 56.8 Å². The van der Waals surface area contributed by atoms with Crippen LogP contribution in [0.5, 0.6) is 5.75 Å². The van der Waals surface area contributed by atoms with Gasteiger partial charge in [-0.3, -0.25) is 5.73 Å². The summed E-state index contributed by atoms with van der Waals surface area (Å²) in [5.41, 5.74) is 4.79. The van der Waals surface area contributed by atoms with Crippen molar-refractivity contribution in [2.75, 3.05) is 0 Å². The predicted octanol–water partition coefficient (Wildman–Crippen LogP) is 3.01. The molecule has 9 nitrogen and oxygen atoms in total. The summed E-state index contributed by atoms with van der Waals surface area (Å²) in [6.45, 7) is 0.154. The molecule has 2 heterocycles. The van der Waals surface area contributed by atoms with Crippen LogP contribution in [0.2, 0.25) is 0 Å². The van der Waals surface area contributed by atoms with Gasteiger partial charge in [0.2, 0.25) is 15.7 Å². The summed E-state index contributed by atoms with van der Waals surface area (Å²) in [5, 5.41) is 10.6. The third-order valence-corrected chi connectivity index (χ3v) is 6.97. The summed E-state index contributed by atoms with van der Waals surface area (Å²) in [4.78, 5) is -0.374. The lowest BCUT2D eigenvalue weighted by atomic mass is 10.1. The fourth-order valence-electron chi connectivity index (χ4n) is 3.48. The van der Waals surface area contributed by atoms with Gasteiger partial charge in [-0.1, -0.05) is 12.8 Å². The topological polar surface area (TPSA) is 130 Å². The Morgan fingerprint density at radius 1 is 1.18 bits per heavy atom. The molecule has 13 heteroatoms. The van der Waals surface area contributed by atoms with Gasteiger partial charge in [0.15, 0.2) is 5.66 Å². The van der Waals surface area contributed by atoms with E-state index in [1.165, 1.54) is 12.2 Å². The number of rotatable bonds is 7. The average molecular weight is 486 g/mol. The van der Waals surface area contributed by atoms with Crippen molar-refractivity contribution in [1.29, 1.82) is 0 Å². The third kappa shape index (κ3) is 5.37. The molecule has 4 rings (SSSR count). The maximum atomic E-state index is 12.8. The van der Waals surface area contributed by atoms with Crippen LogP contribution in [-0.2, 0) is 26.8 Å². The minimum Gasteiger partial charge on any atom is -0.418 e. The molecule has 178 valence electrons. The van der Waals surface area contributed by atoms with Gasteiger partial charge in [-0.15, -0.1) is 23.4 Å². The molecule has 1 aliphatic carbocycles. The Hall–Kier alpha value is -2.90. The Labute approximate surface area is 187 Å². The molecule has 0 amide bonds. The highest BCUT2D eigenvalue weighted by Gasteiger charge is 2.35. The Balaban J connectivity index is 1.43. The fraction of sp³-hybridized carbons (Fsp3) is 0.400. The highest BCUT2D eigenvalue weighted by molar-refractivity contribution is 7.95. The molecule has 0 saturated heterocycles. The number of nitrogens with two attached hydrogens (primary N) is 1. The number of halogens is 3. The summed E-state index contributed by atoms with van der Waals surface area (Å²) in [6, 6.07) is 3.87. The number of hydrogen-bond acceptors (Lipinski definition) is 9. The zero-order valence-electron chi connectivity index (χ0n) is 17.2. The highest BCUT2D eigenvalue weighted by Crippen LogP contribution is 2.29. The summed E-state index contributed by atoms with van der Waals surface area (Å²) < 4.78 is 77.6. The molecule has 1 unspecified atom stereocenters. The standard InChI is InChI=1S/C20H21F3N4O5S/c21-20(22,23)32-14-5-7-15(8-6-14)33(28,29)16-9-10-19(24,25-11-16)18-27-26-17(31-18)12-30-13-3-1-2-4-13/h5-11,13,25H,1-4,12,24H2. The third-order valence-electron chi connectivity index (χ3n) is 5.21. The van der Waals surface area contributed by atoms with E-state index in [9.17, 15) is 21.6 Å². The molecule has 1 saturated carbocycles. The van der Waals surface area contributed by atoms with E-state index >= 15 is 0 Å². The summed E-state index contributed by atoms with van der Waals surface area (Å²) >= 11 is 0. The zero-order chi connectivity index (χ0) is 23.7. The van der Waals surface area contributed by atoms with Crippen molar-refractivity contribution in [1.82, 2.24) is 15.5 Å². The van der Waals surface area contributed by atoms with Crippen LogP contribution in [0.3, 0.4) is 0 Å². The number of dihydropyridines is 1. The van der Waals surface area contributed by atoms with E-state index in [0.717, 1.165) is 56.1 Å². The summed E-state index contributed by atoms with van der Waals surface area (Å²) in [7, 11) is -4.03. The number of alkyl halides is 3. The van der Waals surface area contributed by atoms with Gasteiger partial charge in [0.25, 0.3) is 5.89 Å². The summed E-state index contributed by atoms with van der Waals surface area (Å²) in [5.74, 6) is -0.261. The molecule has 2 aliphatic rings. The van der Waals surface area contributed by atoms with Crippen molar-refractivity contribution >= 4 is 9.84 Å². The van der Waals surface area contributed by atoms with Gasteiger partial charge in [-0.2, -0.15) is 0 Å². The number of sulfone groups is 1. The van der Waals surface area contributed by atoms with Crippen molar-refractivity contribution in [3.63, 3.8) is 0 Å². The quantitative estimate of drug-likeness (QED) is 0.607. The molecule has 1 aromatic carbocycles. The van der Waals surface area contributed by atoms with Crippen molar-refractivity contribution in [3.05, 3.63) is 59.3 Å². The van der Waals surface area contributed by atoms with Crippen LogP contribution >= 0.6 is 0 Å². The predicted molar refractivity (Wildman–Crippen MR) is 108 cm³/mol. The van der Waals surface area contributed by atoms with Gasteiger partial charge in [-0.05, 0) is 49.3 Å². The first-order chi connectivity index (χ1) is 15.6. The van der Waals surface area contributed by atoms with Crippen molar-refractivity contribution < 1.29 is 35.5 Å². The first kappa shape index (κ1) is 23.3. The maximum absolute atomic E-state index is 12.8. The molecule has 1 aromatic heterocycles. The molecule has 33 heavy (non-hydrogen) atoms. The SMILES string of the molecule is NC1(c2nnc(COC3CCCC3)o2)C=CC(S(=O)(=O)c2ccc(OC(F)(F)F)cc2)=CN1. The largest absolute Gasteiger partial charge is 0.573 e. The molecule has 0 radical (unpaired) electrons. The fourth-order valence-corrected chi connectivity index (χ4v) is 4.71. The number of aromatic nitrogens is 2. The smallest absolute Gasteiger partial charge is 0.418 e. The Bertz CT molecular complexity index is 1160. The second-order valence-electron chi connectivity index (χ2n) is 7.63. The normalized spacial score (nSPS) is 21.6. The molecule has 2 aromatic rings. The van der Waals surface area contributed by atoms with Crippen molar-refractivity contribution in [2.45, 2.75) is 55.3 Å². The Kier molecular flexibility index (Phi) is 6.20. The molecular weight excluding hydrogens is 465 g/mol. The van der Waals surface area contributed by atoms with Crippen LogP contribution in [0.1, 0.15) is 37.5 Å². The van der Waals surface area contributed by atoms with Crippen LogP contribution in [0.4, 0.5) is 13.2 Å². The van der Waals surface area contributed by atoms with Crippen LogP contribution < -0.4 is 15.8 Å². The lowest BCUT2D eigenvalue weighted by Gasteiger charge is -2.26. The van der Waals surface area contributed by atoms with E-state index in [1.807, 2.05) is 0 Å². The Morgan fingerprint density at radius 2 is 1.88 bits per heavy atom. The lowest BCUT2D eigenvalue weighted by molar-refractivity contribution is -0.274. The van der Waals surface area contributed by atoms with Gasteiger partial charge < -0.3 is 19.2 Å². The number of nitrogens with zero attached hydrogens (tertiary/aromatic N) is 2. The average Bonchev–Trinajstić information content (AvgIpc) is 3.44. The minimum atomic E-state index is -4.87. The van der Waals surface area contributed by atoms with E-state index in [1.54, 1.807) is 0 Å². The van der Waals surface area contributed by atoms with E-state index in [-0.39, 0.29) is 34.3 Å². The first-order valence-electron chi connectivity index (χ1n) is 10.1.